The molecule has 0 bridgehead atoms. The average Bonchev–Trinajstić information content (AvgIpc) is 2.74. The number of rotatable bonds is 8. The average molecular weight is 428 g/mol. The summed E-state index contributed by atoms with van der Waals surface area (Å²) in [5.74, 6) is -0.478. The second-order valence-electron chi connectivity index (χ2n) is 7.00. The number of amides is 1. The molecule has 158 valence electrons. The maximum absolute atomic E-state index is 12.8. The van der Waals surface area contributed by atoms with E-state index in [1.807, 2.05) is 26.0 Å². The molecule has 1 aromatic heterocycles. The fraction of sp³-hybridized carbons (Fsp3) is 0.273. The number of aromatic amines is 1. The topological polar surface area (TPSA) is 108 Å². The van der Waals surface area contributed by atoms with E-state index in [0.717, 1.165) is 24.8 Å². The SMILES string of the molecule is CCCCNC(=O)c1c[nH]c2ccc(S(=O)(=O)Nc3ccc(CC)cc3)cc2c1=O. The van der Waals surface area contributed by atoms with Crippen molar-refractivity contribution in [2.45, 2.75) is 38.0 Å². The molecule has 2 aromatic carbocycles. The molecule has 1 heterocycles. The monoisotopic (exact) mass is 427 g/mol. The Labute approximate surface area is 175 Å². The van der Waals surface area contributed by atoms with Crippen LogP contribution in [0.2, 0.25) is 0 Å². The van der Waals surface area contributed by atoms with E-state index in [4.69, 9.17) is 0 Å². The molecule has 3 N–H and O–H groups in total. The number of hydrogen-bond donors (Lipinski definition) is 3. The van der Waals surface area contributed by atoms with E-state index >= 15 is 0 Å². The number of carbonyl (C=O) groups is 1. The second-order valence-corrected chi connectivity index (χ2v) is 8.69. The van der Waals surface area contributed by atoms with Gasteiger partial charge in [0.15, 0.2) is 0 Å². The number of sulfonamides is 1. The summed E-state index contributed by atoms with van der Waals surface area (Å²) in [5, 5.41) is 2.84. The molecule has 0 aliphatic rings. The van der Waals surface area contributed by atoms with Crippen LogP contribution in [0, 0.1) is 0 Å². The maximum Gasteiger partial charge on any atom is 0.261 e. The van der Waals surface area contributed by atoms with Crippen molar-refractivity contribution in [2.24, 2.45) is 0 Å². The number of anilines is 1. The zero-order valence-electron chi connectivity index (χ0n) is 17.0. The Hall–Kier alpha value is -3.13. The molecule has 3 aromatic rings. The molecule has 0 atom stereocenters. The Morgan fingerprint density at radius 3 is 2.47 bits per heavy atom. The normalized spacial score (nSPS) is 11.4. The molecular weight excluding hydrogens is 402 g/mol. The lowest BCUT2D eigenvalue weighted by atomic mass is 10.1. The zero-order valence-corrected chi connectivity index (χ0v) is 17.8. The largest absolute Gasteiger partial charge is 0.360 e. The number of carbonyl (C=O) groups excluding carboxylic acids is 1. The molecule has 30 heavy (non-hydrogen) atoms. The van der Waals surface area contributed by atoms with Crippen molar-refractivity contribution in [1.82, 2.24) is 10.3 Å². The van der Waals surface area contributed by atoms with E-state index in [2.05, 4.69) is 15.0 Å². The maximum atomic E-state index is 12.8. The second kappa shape index (κ2) is 9.13. The first-order valence-electron chi connectivity index (χ1n) is 9.91. The van der Waals surface area contributed by atoms with E-state index in [0.29, 0.717) is 17.7 Å². The van der Waals surface area contributed by atoms with Crippen molar-refractivity contribution < 1.29 is 13.2 Å². The minimum atomic E-state index is -3.90. The summed E-state index contributed by atoms with van der Waals surface area (Å²) in [6.07, 6.45) is 3.94. The summed E-state index contributed by atoms with van der Waals surface area (Å²) in [5.41, 5.74) is 1.43. The van der Waals surface area contributed by atoms with Crippen molar-refractivity contribution in [3.05, 3.63) is 70.0 Å². The van der Waals surface area contributed by atoms with Gasteiger partial charge >= 0.3 is 0 Å². The molecule has 0 aliphatic heterocycles. The van der Waals surface area contributed by atoms with Gasteiger partial charge in [0, 0.05) is 29.3 Å². The molecule has 8 heteroatoms. The first-order chi connectivity index (χ1) is 14.4. The van der Waals surface area contributed by atoms with Crippen LogP contribution in [0.5, 0.6) is 0 Å². The van der Waals surface area contributed by atoms with Crippen molar-refractivity contribution in [1.29, 1.82) is 0 Å². The van der Waals surface area contributed by atoms with Crippen molar-refractivity contribution in [3.63, 3.8) is 0 Å². The highest BCUT2D eigenvalue weighted by Crippen LogP contribution is 2.20. The summed E-state index contributed by atoms with van der Waals surface area (Å²) < 4.78 is 28.1. The minimum absolute atomic E-state index is 0.0451. The summed E-state index contributed by atoms with van der Waals surface area (Å²) >= 11 is 0. The van der Waals surface area contributed by atoms with Crippen LogP contribution in [0.1, 0.15) is 42.6 Å². The summed E-state index contributed by atoms with van der Waals surface area (Å²) in [7, 11) is -3.90. The van der Waals surface area contributed by atoms with Gasteiger partial charge in [-0.2, -0.15) is 0 Å². The van der Waals surface area contributed by atoms with E-state index in [-0.39, 0.29) is 15.8 Å². The van der Waals surface area contributed by atoms with Crippen LogP contribution in [0.15, 0.2) is 58.4 Å². The van der Waals surface area contributed by atoms with E-state index in [9.17, 15) is 18.0 Å². The van der Waals surface area contributed by atoms with E-state index in [1.165, 1.54) is 24.4 Å². The predicted molar refractivity (Wildman–Crippen MR) is 118 cm³/mol. The van der Waals surface area contributed by atoms with Crippen LogP contribution < -0.4 is 15.5 Å². The Morgan fingerprint density at radius 2 is 1.80 bits per heavy atom. The smallest absolute Gasteiger partial charge is 0.261 e. The molecule has 0 unspecified atom stereocenters. The third-order valence-electron chi connectivity index (χ3n) is 4.84. The first kappa shape index (κ1) is 21.6. The van der Waals surface area contributed by atoms with Gasteiger partial charge in [0.2, 0.25) is 5.43 Å². The molecule has 3 rings (SSSR count). The van der Waals surface area contributed by atoms with Gasteiger partial charge in [-0.05, 0) is 48.7 Å². The fourth-order valence-corrected chi connectivity index (χ4v) is 4.11. The molecule has 0 saturated heterocycles. The Bertz CT molecular complexity index is 1220. The number of nitrogens with one attached hydrogen (secondary N) is 3. The molecule has 1 amide bonds. The molecule has 0 radical (unpaired) electrons. The quantitative estimate of drug-likeness (QED) is 0.479. The van der Waals surface area contributed by atoms with Gasteiger partial charge in [0.1, 0.15) is 5.56 Å². The highest BCUT2D eigenvalue weighted by atomic mass is 32.2. The van der Waals surface area contributed by atoms with Gasteiger partial charge in [0.05, 0.1) is 4.90 Å². The van der Waals surface area contributed by atoms with Gasteiger partial charge in [-0.25, -0.2) is 8.42 Å². The molecule has 0 fully saturated rings. The van der Waals surface area contributed by atoms with Crippen LogP contribution in [0.3, 0.4) is 0 Å². The van der Waals surface area contributed by atoms with Crippen molar-refractivity contribution in [3.8, 4) is 0 Å². The Morgan fingerprint density at radius 1 is 1.07 bits per heavy atom. The van der Waals surface area contributed by atoms with Gasteiger partial charge in [-0.1, -0.05) is 32.4 Å². The number of aryl methyl sites for hydroxylation is 1. The van der Waals surface area contributed by atoms with Crippen LogP contribution in [-0.4, -0.2) is 25.9 Å². The standard InChI is InChI=1S/C22H25N3O4S/c1-3-5-12-23-22(27)19-14-24-20-11-10-17(13-18(20)21(19)26)30(28,29)25-16-8-6-15(4-2)7-9-16/h6-11,13-14,25H,3-5,12H2,1-2H3,(H,23,27)(H,24,26). The third-order valence-corrected chi connectivity index (χ3v) is 6.22. The minimum Gasteiger partial charge on any atom is -0.360 e. The van der Waals surface area contributed by atoms with E-state index in [1.54, 1.807) is 12.1 Å². The Balaban J connectivity index is 1.93. The Kier molecular flexibility index (Phi) is 6.56. The highest BCUT2D eigenvalue weighted by Gasteiger charge is 2.18. The lowest BCUT2D eigenvalue weighted by molar-refractivity contribution is 0.0952. The number of benzene rings is 2. The van der Waals surface area contributed by atoms with Crippen LogP contribution in [0.25, 0.3) is 10.9 Å². The molecule has 0 aliphatic carbocycles. The lowest BCUT2D eigenvalue weighted by Crippen LogP contribution is -2.29. The third kappa shape index (κ3) is 4.71. The first-order valence-corrected chi connectivity index (χ1v) is 11.4. The number of aromatic nitrogens is 1. The molecule has 0 saturated carbocycles. The van der Waals surface area contributed by atoms with Gasteiger partial charge < -0.3 is 10.3 Å². The van der Waals surface area contributed by atoms with E-state index < -0.39 is 21.4 Å². The molecule has 0 spiro atoms. The van der Waals surface area contributed by atoms with Gasteiger partial charge in [0.25, 0.3) is 15.9 Å². The number of fused-ring (bicyclic) bond motifs is 1. The lowest BCUT2D eigenvalue weighted by Gasteiger charge is -2.10. The summed E-state index contributed by atoms with van der Waals surface area (Å²) in [4.78, 5) is 28.0. The number of unbranched alkanes of at least 4 members (excludes halogenated alkanes) is 1. The van der Waals surface area contributed by atoms with Gasteiger partial charge in [-0.3, -0.25) is 14.3 Å². The summed E-state index contributed by atoms with van der Waals surface area (Å²) in [6, 6.07) is 11.3. The highest BCUT2D eigenvalue weighted by molar-refractivity contribution is 7.92. The van der Waals surface area contributed by atoms with Crippen molar-refractivity contribution in [2.75, 3.05) is 11.3 Å². The number of hydrogen-bond acceptors (Lipinski definition) is 4. The zero-order chi connectivity index (χ0) is 21.7. The van der Waals surface area contributed by atoms with Crippen LogP contribution >= 0.6 is 0 Å². The van der Waals surface area contributed by atoms with Crippen LogP contribution in [0.4, 0.5) is 5.69 Å². The summed E-state index contributed by atoms with van der Waals surface area (Å²) in [6.45, 7) is 4.50. The molecule has 7 nitrogen and oxygen atoms in total. The van der Waals surface area contributed by atoms with Crippen molar-refractivity contribution >= 4 is 32.5 Å². The number of H-pyrrole nitrogens is 1. The number of pyridine rings is 1. The van der Waals surface area contributed by atoms with Crippen LogP contribution in [-0.2, 0) is 16.4 Å². The fourth-order valence-electron chi connectivity index (χ4n) is 3.03. The molecular formula is C22H25N3O4S. The predicted octanol–water partition coefficient (Wildman–Crippen LogP) is 3.42. The van der Waals surface area contributed by atoms with Gasteiger partial charge in [-0.15, -0.1) is 0 Å².